The molecule has 0 radical (unpaired) electrons. The summed E-state index contributed by atoms with van der Waals surface area (Å²) in [5.41, 5.74) is 1.96. The number of carbonyl (C=O) groups is 1. The highest BCUT2D eigenvalue weighted by Crippen LogP contribution is 2.23. The maximum atomic E-state index is 10.3. The molecule has 13 heavy (non-hydrogen) atoms. The molecule has 0 saturated carbocycles. The first-order valence-electron chi connectivity index (χ1n) is 4.38. The van der Waals surface area contributed by atoms with Gasteiger partial charge in [0.05, 0.1) is 0 Å². The van der Waals surface area contributed by atoms with Crippen LogP contribution >= 0.6 is 0 Å². The summed E-state index contributed by atoms with van der Waals surface area (Å²) in [4.78, 5) is 10.3. The molecule has 0 amide bonds. The molecule has 0 aliphatic rings. The number of benzene rings is 1. The molecule has 0 aliphatic carbocycles. The highest BCUT2D eigenvalue weighted by molar-refractivity contribution is 5.52. The van der Waals surface area contributed by atoms with E-state index >= 15 is 0 Å². The van der Waals surface area contributed by atoms with Crippen molar-refractivity contribution in [3.05, 3.63) is 29.3 Å². The number of phenolic OH excluding ortho intramolecular Hbond substituents is 1. The van der Waals surface area contributed by atoms with Gasteiger partial charge in [-0.05, 0) is 30.0 Å². The van der Waals surface area contributed by atoms with Crippen LogP contribution in [0.4, 0.5) is 0 Å². The fraction of sp³-hybridized carbons (Fsp3) is 0.364. The third-order valence-corrected chi connectivity index (χ3v) is 2.24. The van der Waals surface area contributed by atoms with E-state index in [0.717, 1.165) is 17.4 Å². The van der Waals surface area contributed by atoms with Crippen molar-refractivity contribution in [1.82, 2.24) is 0 Å². The number of hydrogen-bond acceptors (Lipinski definition) is 2. The van der Waals surface area contributed by atoms with Crippen LogP contribution in [-0.2, 0) is 4.79 Å². The Kier molecular flexibility index (Phi) is 3.07. The van der Waals surface area contributed by atoms with Crippen LogP contribution in [0.25, 0.3) is 0 Å². The average molecular weight is 178 g/mol. The summed E-state index contributed by atoms with van der Waals surface area (Å²) in [6.07, 6.45) is 1.46. The van der Waals surface area contributed by atoms with E-state index in [1.54, 1.807) is 6.07 Å². The van der Waals surface area contributed by atoms with Gasteiger partial charge in [-0.3, -0.25) is 0 Å². The summed E-state index contributed by atoms with van der Waals surface area (Å²) in [6, 6.07) is 5.45. The van der Waals surface area contributed by atoms with Crippen LogP contribution in [0.15, 0.2) is 18.2 Å². The van der Waals surface area contributed by atoms with Gasteiger partial charge in [0.1, 0.15) is 12.0 Å². The van der Waals surface area contributed by atoms with Crippen LogP contribution in [0.3, 0.4) is 0 Å². The van der Waals surface area contributed by atoms with E-state index in [2.05, 4.69) is 0 Å². The van der Waals surface area contributed by atoms with Gasteiger partial charge >= 0.3 is 0 Å². The molecule has 1 rings (SSSR count). The monoisotopic (exact) mass is 178 g/mol. The minimum Gasteiger partial charge on any atom is -0.508 e. The van der Waals surface area contributed by atoms with Gasteiger partial charge in [-0.1, -0.05) is 19.1 Å². The zero-order chi connectivity index (χ0) is 9.84. The quantitative estimate of drug-likeness (QED) is 0.721. The Balaban J connectivity index is 2.89. The van der Waals surface area contributed by atoms with E-state index in [-0.39, 0.29) is 5.92 Å². The number of aromatic hydroxyl groups is 1. The third-order valence-electron chi connectivity index (χ3n) is 2.24. The summed E-state index contributed by atoms with van der Waals surface area (Å²) < 4.78 is 0. The van der Waals surface area contributed by atoms with Crippen LogP contribution in [0.2, 0.25) is 0 Å². The highest BCUT2D eigenvalue weighted by atomic mass is 16.3. The van der Waals surface area contributed by atoms with Crippen molar-refractivity contribution >= 4 is 6.29 Å². The molecule has 1 atom stereocenters. The Morgan fingerprint density at radius 3 is 2.77 bits per heavy atom. The Hall–Kier alpha value is -1.31. The molecule has 0 aromatic heterocycles. The summed E-state index contributed by atoms with van der Waals surface area (Å²) in [5.74, 6) is 0.541. The normalized spacial score (nSPS) is 12.5. The fourth-order valence-corrected chi connectivity index (χ4v) is 1.27. The van der Waals surface area contributed by atoms with Crippen molar-refractivity contribution in [1.29, 1.82) is 0 Å². The van der Waals surface area contributed by atoms with E-state index in [1.807, 2.05) is 26.0 Å². The van der Waals surface area contributed by atoms with E-state index in [4.69, 9.17) is 0 Å². The molecule has 2 nitrogen and oxygen atoms in total. The zero-order valence-electron chi connectivity index (χ0n) is 7.95. The van der Waals surface area contributed by atoms with Crippen LogP contribution in [0.5, 0.6) is 5.75 Å². The average Bonchev–Trinajstić information content (AvgIpc) is 2.10. The first-order valence-corrected chi connectivity index (χ1v) is 4.38. The van der Waals surface area contributed by atoms with Crippen molar-refractivity contribution in [2.24, 2.45) is 0 Å². The predicted octanol–water partition coefficient (Wildman–Crippen LogP) is 2.39. The molecule has 70 valence electrons. The summed E-state index contributed by atoms with van der Waals surface area (Å²) in [7, 11) is 0. The molecule has 1 aromatic rings. The van der Waals surface area contributed by atoms with Crippen molar-refractivity contribution in [3.8, 4) is 5.75 Å². The van der Waals surface area contributed by atoms with Crippen molar-refractivity contribution in [3.63, 3.8) is 0 Å². The lowest BCUT2D eigenvalue weighted by Gasteiger charge is -2.09. The molecular formula is C11H14O2. The molecule has 0 saturated heterocycles. The minimum absolute atomic E-state index is 0.233. The maximum absolute atomic E-state index is 10.3. The fourth-order valence-electron chi connectivity index (χ4n) is 1.27. The molecule has 1 aromatic carbocycles. The minimum atomic E-state index is 0.233. The molecule has 2 heteroatoms. The number of phenols is 1. The molecule has 0 fully saturated rings. The Bertz CT molecular complexity index is 305. The Labute approximate surface area is 78.2 Å². The number of aryl methyl sites for hydroxylation is 1. The van der Waals surface area contributed by atoms with Gasteiger partial charge in [0, 0.05) is 6.42 Å². The van der Waals surface area contributed by atoms with E-state index < -0.39 is 0 Å². The largest absolute Gasteiger partial charge is 0.508 e. The van der Waals surface area contributed by atoms with Gasteiger partial charge in [-0.15, -0.1) is 0 Å². The second-order valence-corrected chi connectivity index (χ2v) is 3.35. The lowest BCUT2D eigenvalue weighted by molar-refractivity contribution is -0.108. The van der Waals surface area contributed by atoms with Gasteiger partial charge in [0.2, 0.25) is 0 Å². The predicted molar refractivity (Wildman–Crippen MR) is 51.9 cm³/mol. The van der Waals surface area contributed by atoms with Crippen LogP contribution < -0.4 is 0 Å². The number of aldehydes is 1. The SMILES string of the molecule is Cc1cc(C(C)CC=O)ccc1O. The highest BCUT2D eigenvalue weighted by Gasteiger charge is 2.05. The molecule has 0 bridgehead atoms. The number of rotatable bonds is 3. The third kappa shape index (κ3) is 2.31. The van der Waals surface area contributed by atoms with E-state index in [1.165, 1.54) is 0 Å². The van der Waals surface area contributed by atoms with Crippen molar-refractivity contribution in [2.45, 2.75) is 26.2 Å². The molecule has 0 aliphatic heterocycles. The summed E-state index contributed by atoms with van der Waals surface area (Å²) in [6.45, 7) is 3.85. The summed E-state index contributed by atoms with van der Waals surface area (Å²) >= 11 is 0. The smallest absolute Gasteiger partial charge is 0.120 e. The van der Waals surface area contributed by atoms with Crippen molar-refractivity contribution in [2.75, 3.05) is 0 Å². The van der Waals surface area contributed by atoms with Gasteiger partial charge in [-0.2, -0.15) is 0 Å². The molecule has 0 spiro atoms. The van der Waals surface area contributed by atoms with Crippen molar-refractivity contribution < 1.29 is 9.90 Å². The summed E-state index contributed by atoms with van der Waals surface area (Å²) in [5, 5.41) is 9.29. The lowest BCUT2D eigenvalue weighted by Crippen LogP contribution is -1.94. The van der Waals surface area contributed by atoms with Crippen LogP contribution in [0, 0.1) is 6.92 Å². The Morgan fingerprint density at radius 2 is 2.23 bits per heavy atom. The van der Waals surface area contributed by atoms with Crippen LogP contribution in [0.1, 0.15) is 30.4 Å². The molecule has 1 unspecified atom stereocenters. The van der Waals surface area contributed by atoms with Gasteiger partial charge < -0.3 is 9.90 Å². The first kappa shape index (κ1) is 9.78. The van der Waals surface area contributed by atoms with E-state index in [0.29, 0.717) is 12.2 Å². The lowest BCUT2D eigenvalue weighted by atomic mass is 9.97. The first-order chi connectivity index (χ1) is 6.15. The standard InChI is InChI=1S/C11H14O2/c1-8(5-6-12)10-3-4-11(13)9(2)7-10/h3-4,6-8,13H,5H2,1-2H3. The van der Waals surface area contributed by atoms with Gasteiger partial charge in [0.25, 0.3) is 0 Å². The maximum Gasteiger partial charge on any atom is 0.120 e. The second-order valence-electron chi connectivity index (χ2n) is 3.35. The molecule has 0 heterocycles. The van der Waals surface area contributed by atoms with Gasteiger partial charge in [-0.25, -0.2) is 0 Å². The van der Waals surface area contributed by atoms with E-state index in [9.17, 15) is 9.90 Å². The Morgan fingerprint density at radius 1 is 1.54 bits per heavy atom. The van der Waals surface area contributed by atoms with Crippen LogP contribution in [-0.4, -0.2) is 11.4 Å². The molecule has 1 N–H and O–H groups in total. The zero-order valence-corrected chi connectivity index (χ0v) is 7.95. The number of carbonyl (C=O) groups excluding carboxylic acids is 1. The number of hydrogen-bond donors (Lipinski definition) is 1. The molecular weight excluding hydrogens is 164 g/mol. The topological polar surface area (TPSA) is 37.3 Å². The second kappa shape index (κ2) is 4.08. The van der Waals surface area contributed by atoms with Gasteiger partial charge in [0.15, 0.2) is 0 Å².